The molecule has 0 aromatic carbocycles. The van der Waals surface area contributed by atoms with Crippen molar-refractivity contribution in [2.24, 2.45) is 0 Å². The molecule has 0 aliphatic carbocycles. The van der Waals surface area contributed by atoms with Crippen LogP contribution in [-0.2, 0) is 0 Å². The molecule has 18 heavy (non-hydrogen) atoms. The Morgan fingerprint density at radius 2 is 2.06 bits per heavy atom. The van der Waals surface area contributed by atoms with Crippen LogP contribution >= 0.6 is 0 Å². The first-order chi connectivity index (χ1) is 8.54. The number of aromatic carboxylic acids is 1. The Morgan fingerprint density at radius 1 is 1.33 bits per heavy atom. The molecular formula is C12H20N4O2. The zero-order valence-corrected chi connectivity index (χ0v) is 11.1. The Balaban J connectivity index is 2.69. The fraction of sp³-hybridized carbons (Fsp3) is 0.583. The van der Waals surface area contributed by atoms with Gasteiger partial charge in [-0.25, -0.2) is 9.78 Å². The number of rotatable bonds is 7. The topological polar surface area (TPSA) is 69.6 Å². The number of hydrogen-bond acceptors (Lipinski definition) is 5. The average molecular weight is 252 g/mol. The van der Waals surface area contributed by atoms with Gasteiger partial charge in [0.2, 0.25) is 0 Å². The van der Waals surface area contributed by atoms with E-state index in [1.54, 1.807) is 6.20 Å². The van der Waals surface area contributed by atoms with Crippen LogP contribution < -0.4 is 4.90 Å². The number of carboxylic acids is 1. The van der Waals surface area contributed by atoms with Crippen LogP contribution in [-0.4, -0.2) is 59.7 Å². The molecule has 1 aromatic heterocycles. The first-order valence-corrected chi connectivity index (χ1v) is 5.99. The van der Waals surface area contributed by atoms with Gasteiger partial charge >= 0.3 is 5.97 Å². The molecule has 1 rings (SSSR count). The molecule has 0 aliphatic heterocycles. The standard InChI is InChI=1S/C12H20N4O2/c1-4-16(7-5-6-15(2)3)11-9-13-8-10(14-11)12(17)18/h8-9H,4-7H2,1-3H3,(H,17,18). The third-order valence-electron chi connectivity index (χ3n) is 2.58. The predicted molar refractivity (Wildman–Crippen MR) is 70.0 cm³/mol. The van der Waals surface area contributed by atoms with E-state index in [2.05, 4.69) is 14.9 Å². The molecule has 1 aromatic rings. The van der Waals surface area contributed by atoms with Crippen LogP contribution in [0.15, 0.2) is 12.4 Å². The second kappa shape index (κ2) is 6.90. The molecule has 0 aliphatic rings. The Morgan fingerprint density at radius 3 is 2.61 bits per heavy atom. The molecule has 0 unspecified atom stereocenters. The van der Waals surface area contributed by atoms with Crippen LogP contribution in [0.3, 0.4) is 0 Å². The van der Waals surface area contributed by atoms with Gasteiger partial charge in [0.05, 0.1) is 12.4 Å². The highest BCUT2D eigenvalue weighted by Gasteiger charge is 2.10. The minimum absolute atomic E-state index is 0.0152. The summed E-state index contributed by atoms with van der Waals surface area (Å²) in [4.78, 5) is 23.0. The third kappa shape index (κ3) is 4.29. The first kappa shape index (κ1) is 14.4. The van der Waals surface area contributed by atoms with E-state index in [-0.39, 0.29) is 5.69 Å². The highest BCUT2D eigenvalue weighted by atomic mass is 16.4. The summed E-state index contributed by atoms with van der Waals surface area (Å²) >= 11 is 0. The van der Waals surface area contributed by atoms with Gasteiger partial charge in [0, 0.05) is 13.1 Å². The van der Waals surface area contributed by atoms with Crippen LogP contribution in [0.25, 0.3) is 0 Å². The van der Waals surface area contributed by atoms with E-state index in [0.29, 0.717) is 5.82 Å². The zero-order valence-electron chi connectivity index (χ0n) is 11.1. The van der Waals surface area contributed by atoms with Gasteiger partial charge in [0.1, 0.15) is 5.82 Å². The molecule has 0 spiro atoms. The number of carboxylic acid groups (broad SMARTS) is 1. The molecule has 1 N–H and O–H groups in total. The van der Waals surface area contributed by atoms with Gasteiger partial charge in [-0.1, -0.05) is 0 Å². The maximum absolute atomic E-state index is 10.8. The van der Waals surface area contributed by atoms with Gasteiger partial charge in [-0.3, -0.25) is 4.98 Å². The van der Waals surface area contributed by atoms with Crippen LogP contribution in [0.4, 0.5) is 5.82 Å². The second-order valence-electron chi connectivity index (χ2n) is 4.30. The number of aromatic nitrogens is 2. The highest BCUT2D eigenvalue weighted by Crippen LogP contribution is 2.10. The Labute approximate surface area is 107 Å². The van der Waals surface area contributed by atoms with Crippen LogP contribution in [0, 0.1) is 0 Å². The third-order valence-corrected chi connectivity index (χ3v) is 2.58. The van der Waals surface area contributed by atoms with E-state index in [1.807, 2.05) is 25.9 Å². The van der Waals surface area contributed by atoms with Gasteiger partial charge in [0.15, 0.2) is 5.69 Å². The maximum Gasteiger partial charge on any atom is 0.356 e. The summed E-state index contributed by atoms with van der Waals surface area (Å²) in [6.07, 6.45) is 3.87. The molecule has 1 heterocycles. The summed E-state index contributed by atoms with van der Waals surface area (Å²) in [5.41, 5.74) is -0.0152. The van der Waals surface area contributed by atoms with Crippen LogP contribution in [0.1, 0.15) is 23.8 Å². The number of carbonyl (C=O) groups is 1. The number of nitrogens with zero attached hydrogens (tertiary/aromatic N) is 4. The molecule has 100 valence electrons. The summed E-state index contributed by atoms with van der Waals surface area (Å²) in [6, 6.07) is 0. The monoisotopic (exact) mass is 252 g/mol. The Kier molecular flexibility index (Phi) is 5.51. The average Bonchev–Trinajstić information content (AvgIpc) is 2.34. The van der Waals surface area contributed by atoms with Gasteiger partial charge in [0.25, 0.3) is 0 Å². The summed E-state index contributed by atoms with van der Waals surface area (Å²) in [6.45, 7) is 4.63. The summed E-state index contributed by atoms with van der Waals surface area (Å²) in [7, 11) is 4.06. The Bertz CT molecular complexity index is 395. The molecule has 0 saturated heterocycles. The summed E-state index contributed by atoms with van der Waals surface area (Å²) in [5, 5.41) is 8.88. The fourth-order valence-corrected chi connectivity index (χ4v) is 1.62. The number of hydrogen-bond donors (Lipinski definition) is 1. The first-order valence-electron chi connectivity index (χ1n) is 5.99. The molecule has 6 heteroatoms. The van der Waals surface area contributed by atoms with Crippen LogP contribution in [0.2, 0.25) is 0 Å². The van der Waals surface area contributed by atoms with Gasteiger partial charge in [-0.15, -0.1) is 0 Å². The van der Waals surface area contributed by atoms with Crippen molar-refractivity contribution >= 4 is 11.8 Å². The van der Waals surface area contributed by atoms with Crippen molar-refractivity contribution in [2.75, 3.05) is 38.6 Å². The largest absolute Gasteiger partial charge is 0.476 e. The molecule has 0 fully saturated rings. The van der Waals surface area contributed by atoms with Crippen molar-refractivity contribution in [3.63, 3.8) is 0 Å². The minimum atomic E-state index is -1.05. The maximum atomic E-state index is 10.8. The molecule has 0 atom stereocenters. The van der Waals surface area contributed by atoms with E-state index in [0.717, 1.165) is 26.1 Å². The fourth-order valence-electron chi connectivity index (χ4n) is 1.62. The zero-order chi connectivity index (χ0) is 13.5. The molecular weight excluding hydrogens is 232 g/mol. The van der Waals surface area contributed by atoms with Crippen molar-refractivity contribution in [2.45, 2.75) is 13.3 Å². The van der Waals surface area contributed by atoms with Crippen molar-refractivity contribution in [3.8, 4) is 0 Å². The normalized spacial score (nSPS) is 10.7. The van der Waals surface area contributed by atoms with Gasteiger partial charge < -0.3 is 14.9 Å². The highest BCUT2D eigenvalue weighted by molar-refractivity contribution is 5.85. The van der Waals surface area contributed by atoms with Crippen molar-refractivity contribution in [1.82, 2.24) is 14.9 Å². The van der Waals surface area contributed by atoms with E-state index in [1.165, 1.54) is 6.20 Å². The lowest BCUT2D eigenvalue weighted by Crippen LogP contribution is -2.28. The van der Waals surface area contributed by atoms with E-state index >= 15 is 0 Å². The SMILES string of the molecule is CCN(CCCN(C)C)c1cncc(C(=O)O)n1. The second-order valence-corrected chi connectivity index (χ2v) is 4.30. The lowest BCUT2D eigenvalue weighted by Gasteiger charge is -2.22. The summed E-state index contributed by atoms with van der Waals surface area (Å²) < 4.78 is 0. The van der Waals surface area contributed by atoms with E-state index < -0.39 is 5.97 Å². The van der Waals surface area contributed by atoms with Gasteiger partial charge in [-0.2, -0.15) is 0 Å². The van der Waals surface area contributed by atoms with Crippen molar-refractivity contribution in [3.05, 3.63) is 18.1 Å². The lowest BCUT2D eigenvalue weighted by molar-refractivity contribution is 0.0690. The Hall–Kier alpha value is -1.69. The molecule has 0 bridgehead atoms. The predicted octanol–water partition coefficient (Wildman–Crippen LogP) is 0.953. The van der Waals surface area contributed by atoms with Gasteiger partial charge in [-0.05, 0) is 34.0 Å². The van der Waals surface area contributed by atoms with E-state index in [9.17, 15) is 4.79 Å². The molecule has 0 radical (unpaired) electrons. The lowest BCUT2D eigenvalue weighted by atomic mass is 10.3. The quantitative estimate of drug-likeness (QED) is 0.779. The summed E-state index contributed by atoms with van der Waals surface area (Å²) in [5.74, 6) is -0.426. The van der Waals surface area contributed by atoms with Crippen molar-refractivity contribution in [1.29, 1.82) is 0 Å². The molecule has 0 saturated carbocycles. The number of anilines is 1. The smallest absolute Gasteiger partial charge is 0.356 e. The van der Waals surface area contributed by atoms with Crippen LogP contribution in [0.5, 0.6) is 0 Å². The van der Waals surface area contributed by atoms with E-state index in [4.69, 9.17) is 5.11 Å². The van der Waals surface area contributed by atoms with Crippen molar-refractivity contribution < 1.29 is 9.90 Å². The minimum Gasteiger partial charge on any atom is -0.476 e. The molecule has 6 nitrogen and oxygen atoms in total. The molecule has 0 amide bonds.